The molecule has 144 valence electrons. The zero-order chi connectivity index (χ0) is 20.8. The van der Waals surface area contributed by atoms with Crippen LogP contribution < -0.4 is 9.83 Å². The minimum absolute atomic E-state index is 0.0175. The summed E-state index contributed by atoms with van der Waals surface area (Å²) in [4.78, 5) is 36.0. The van der Waals surface area contributed by atoms with Crippen molar-refractivity contribution >= 4 is 33.2 Å². The number of ketones is 2. The Bertz CT molecular complexity index is 1290. The third kappa shape index (κ3) is 3.19. The first kappa shape index (κ1) is 18.6. The van der Waals surface area contributed by atoms with Gasteiger partial charge in [-0.2, -0.15) is 0 Å². The lowest BCUT2D eigenvalue weighted by atomic mass is 9.84. The van der Waals surface area contributed by atoms with Gasteiger partial charge in [0.15, 0.2) is 11.6 Å². The molecule has 4 rings (SSSR count). The van der Waals surface area contributed by atoms with E-state index in [1.165, 1.54) is 48.5 Å². The number of carboxylic acids is 1. The number of carbonyl (C=O) groups excluding carboxylic acids is 3. The summed E-state index contributed by atoms with van der Waals surface area (Å²) in [7, 11) is -4.07. The maximum absolute atomic E-state index is 12.8. The predicted molar refractivity (Wildman–Crippen MR) is 101 cm³/mol. The van der Waals surface area contributed by atoms with Crippen LogP contribution in [0, 0.1) is 0 Å². The average Bonchev–Trinajstić information content (AvgIpc) is 2.71. The van der Waals surface area contributed by atoms with Crippen LogP contribution in [0.1, 0.15) is 42.2 Å². The van der Waals surface area contributed by atoms with Crippen molar-refractivity contribution in [3.8, 4) is 0 Å². The SMILES string of the molecule is O=C([O-])c1ccc(NS(=O)(=O)c2ccc3c(c2)C(=O)c2ccccc2C3=O)cc1. The quantitative estimate of drug-likeness (QED) is 0.550. The Morgan fingerprint density at radius 2 is 1.31 bits per heavy atom. The number of anilines is 1. The highest BCUT2D eigenvalue weighted by Crippen LogP contribution is 2.29. The first-order valence-electron chi connectivity index (χ1n) is 8.44. The van der Waals surface area contributed by atoms with Crippen LogP contribution in [0.3, 0.4) is 0 Å². The van der Waals surface area contributed by atoms with Gasteiger partial charge in [0.05, 0.1) is 10.9 Å². The highest BCUT2D eigenvalue weighted by atomic mass is 32.2. The van der Waals surface area contributed by atoms with Gasteiger partial charge in [0.25, 0.3) is 10.0 Å². The maximum atomic E-state index is 12.8. The van der Waals surface area contributed by atoms with E-state index in [0.29, 0.717) is 0 Å². The number of hydrogen-bond acceptors (Lipinski definition) is 6. The minimum Gasteiger partial charge on any atom is -0.545 e. The molecule has 0 radical (unpaired) electrons. The second kappa shape index (κ2) is 6.68. The number of sulfonamides is 1. The van der Waals surface area contributed by atoms with E-state index >= 15 is 0 Å². The van der Waals surface area contributed by atoms with Gasteiger partial charge in [-0.15, -0.1) is 0 Å². The second-order valence-electron chi connectivity index (χ2n) is 6.38. The van der Waals surface area contributed by atoms with Crippen LogP contribution in [-0.2, 0) is 10.0 Å². The summed E-state index contributed by atoms with van der Waals surface area (Å²) in [6.45, 7) is 0. The molecular weight excluding hydrogens is 394 g/mol. The molecule has 0 fully saturated rings. The first-order valence-corrected chi connectivity index (χ1v) is 9.93. The maximum Gasteiger partial charge on any atom is 0.261 e. The van der Waals surface area contributed by atoms with Crippen LogP contribution in [0.2, 0.25) is 0 Å². The lowest BCUT2D eigenvalue weighted by Crippen LogP contribution is -2.22. The molecule has 0 spiro atoms. The molecule has 1 aliphatic rings. The second-order valence-corrected chi connectivity index (χ2v) is 8.06. The van der Waals surface area contributed by atoms with Crippen molar-refractivity contribution in [2.75, 3.05) is 4.72 Å². The molecule has 3 aromatic rings. The topological polar surface area (TPSA) is 120 Å². The Balaban J connectivity index is 1.70. The van der Waals surface area contributed by atoms with Crippen LogP contribution in [0.4, 0.5) is 5.69 Å². The standard InChI is InChI=1S/C21H13NO6S/c23-19-15-3-1-2-4-16(15)20(24)18-11-14(9-10-17(18)19)29(27,28)22-13-7-5-12(6-8-13)21(25)26/h1-11,22H,(H,25,26)/p-1. The fraction of sp³-hybridized carbons (Fsp3) is 0. The summed E-state index contributed by atoms with van der Waals surface area (Å²) >= 11 is 0. The summed E-state index contributed by atoms with van der Waals surface area (Å²) in [6, 6.07) is 15.1. The number of hydrogen-bond donors (Lipinski definition) is 1. The fourth-order valence-electron chi connectivity index (χ4n) is 3.13. The summed E-state index contributed by atoms with van der Waals surface area (Å²) in [5.41, 5.74) is 0.719. The predicted octanol–water partition coefficient (Wildman–Crippen LogP) is 1.63. The molecular formula is C21H12NO6S-. The van der Waals surface area contributed by atoms with Gasteiger partial charge in [-0.05, 0) is 35.9 Å². The van der Waals surface area contributed by atoms with E-state index in [2.05, 4.69) is 4.72 Å². The Labute approximate surface area is 165 Å². The van der Waals surface area contributed by atoms with E-state index in [-0.39, 0.29) is 44.2 Å². The molecule has 0 bridgehead atoms. The molecule has 1 aliphatic carbocycles. The summed E-state index contributed by atoms with van der Waals surface area (Å²) in [5, 5.41) is 10.8. The third-order valence-corrected chi connectivity index (χ3v) is 5.96. The van der Waals surface area contributed by atoms with Crippen molar-refractivity contribution in [1.82, 2.24) is 0 Å². The van der Waals surface area contributed by atoms with Crippen LogP contribution in [0.5, 0.6) is 0 Å². The van der Waals surface area contributed by atoms with Crippen LogP contribution in [0.25, 0.3) is 0 Å². The van der Waals surface area contributed by atoms with E-state index in [4.69, 9.17) is 0 Å². The molecule has 8 heteroatoms. The van der Waals surface area contributed by atoms with Crippen LogP contribution in [0.15, 0.2) is 71.6 Å². The van der Waals surface area contributed by atoms with E-state index in [1.54, 1.807) is 18.2 Å². The van der Waals surface area contributed by atoms with E-state index in [9.17, 15) is 27.9 Å². The van der Waals surface area contributed by atoms with Gasteiger partial charge in [-0.25, -0.2) is 8.42 Å². The molecule has 7 nitrogen and oxygen atoms in total. The lowest BCUT2D eigenvalue weighted by Gasteiger charge is -2.18. The van der Waals surface area contributed by atoms with Gasteiger partial charge in [0.2, 0.25) is 0 Å². The molecule has 0 aromatic heterocycles. The minimum atomic E-state index is -4.07. The molecule has 0 aliphatic heterocycles. The average molecular weight is 406 g/mol. The number of carbonyl (C=O) groups is 3. The monoisotopic (exact) mass is 406 g/mol. The molecule has 0 saturated carbocycles. The number of nitrogens with one attached hydrogen (secondary N) is 1. The van der Waals surface area contributed by atoms with Crippen LogP contribution in [-0.4, -0.2) is 26.0 Å². The lowest BCUT2D eigenvalue weighted by molar-refractivity contribution is -0.255. The fourth-order valence-corrected chi connectivity index (χ4v) is 4.22. The zero-order valence-electron chi connectivity index (χ0n) is 14.7. The Morgan fingerprint density at radius 3 is 1.90 bits per heavy atom. The third-order valence-electron chi connectivity index (χ3n) is 4.58. The van der Waals surface area contributed by atoms with Crippen molar-refractivity contribution < 1.29 is 27.9 Å². The van der Waals surface area contributed by atoms with Gasteiger partial charge < -0.3 is 9.90 Å². The van der Waals surface area contributed by atoms with E-state index < -0.39 is 21.8 Å². The van der Waals surface area contributed by atoms with Crippen molar-refractivity contribution in [2.24, 2.45) is 0 Å². The molecule has 3 aromatic carbocycles. The summed E-state index contributed by atoms with van der Waals surface area (Å²) < 4.78 is 27.7. The Hall–Kier alpha value is -3.78. The summed E-state index contributed by atoms with van der Waals surface area (Å²) in [6.07, 6.45) is 0. The Kier molecular flexibility index (Phi) is 4.28. The van der Waals surface area contributed by atoms with E-state index in [0.717, 1.165) is 0 Å². The molecule has 0 saturated heterocycles. The van der Waals surface area contributed by atoms with Gasteiger partial charge in [-0.1, -0.05) is 36.4 Å². The molecule has 1 N–H and O–H groups in total. The normalized spacial score (nSPS) is 12.8. The number of rotatable bonds is 4. The molecule has 0 atom stereocenters. The van der Waals surface area contributed by atoms with Gasteiger partial charge in [0, 0.05) is 27.9 Å². The van der Waals surface area contributed by atoms with Gasteiger partial charge >= 0.3 is 0 Å². The van der Waals surface area contributed by atoms with E-state index in [1.807, 2.05) is 0 Å². The molecule has 0 heterocycles. The number of benzene rings is 3. The largest absolute Gasteiger partial charge is 0.545 e. The van der Waals surface area contributed by atoms with Crippen molar-refractivity contribution in [3.05, 3.63) is 94.5 Å². The number of fused-ring (bicyclic) bond motifs is 2. The van der Waals surface area contributed by atoms with Crippen molar-refractivity contribution in [2.45, 2.75) is 4.90 Å². The van der Waals surface area contributed by atoms with Crippen molar-refractivity contribution in [1.29, 1.82) is 0 Å². The zero-order valence-corrected chi connectivity index (χ0v) is 15.5. The molecule has 0 amide bonds. The van der Waals surface area contributed by atoms with Crippen molar-refractivity contribution in [3.63, 3.8) is 0 Å². The first-order chi connectivity index (χ1) is 13.8. The number of carboxylic acid groups (broad SMARTS) is 1. The van der Waals surface area contributed by atoms with Gasteiger partial charge in [0.1, 0.15) is 0 Å². The smallest absolute Gasteiger partial charge is 0.261 e. The highest BCUT2D eigenvalue weighted by molar-refractivity contribution is 7.92. The summed E-state index contributed by atoms with van der Waals surface area (Å²) in [5.74, 6) is -2.15. The Morgan fingerprint density at radius 1 is 0.759 bits per heavy atom. The molecule has 29 heavy (non-hydrogen) atoms. The highest BCUT2D eigenvalue weighted by Gasteiger charge is 2.30. The molecule has 0 unspecified atom stereocenters. The van der Waals surface area contributed by atoms with Crippen LogP contribution >= 0.6 is 0 Å². The number of aromatic carboxylic acids is 1. The van der Waals surface area contributed by atoms with Gasteiger partial charge in [-0.3, -0.25) is 14.3 Å².